The topological polar surface area (TPSA) is 41.6 Å². The Morgan fingerprint density at radius 3 is 2.77 bits per heavy atom. The van der Waals surface area contributed by atoms with Crippen molar-refractivity contribution < 1.29 is 18.3 Å². The van der Waals surface area contributed by atoms with E-state index in [4.69, 9.17) is 4.74 Å². The maximum atomic E-state index is 14.2. The molecule has 30 heavy (non-hydrogen) atoms. The highest BCUT2D eigenvalue weighted by molar-refractivity contribution is 5.82. The molecule has 2 saturated heterocycles. The summed E-state index contributed by atoms with van der Waals surface area (Å²) in [5.41, 5.74) is 3.15. The molecule has 5 atom stereocenters. The molecule has 5 rings (SSSR count). The van der Waals surface area contributed by atoms with Gasteiger partial charge in [0.05, 0.1) is 12.6 Å². The maximum Gasteiger partial charge on any atom is 0.252 e. The summed E-state index contributed by atoms with van der Waals surface area (Å²) >= 11 is 0. The lowest BCUT2D eigenvalue weighted by Gasteiger charge is -2.44. The second-order valence-electron chi connectivity index (χ2n) is 8.52. The van der Waals surface area contributed by atoms with Gasteiger partial charge in [-0.25, -0.2) is 8.78 Å². The first-order chi connectivity index (χ1) is 14.6. The van der Waals surface area contributed by atoms with E-state index in [9.17, 15) is 13.6 Å². The second kappa shape index (κ2) is 8.08. The molecule has 6 heteroatoms. The molecule has 158 valence electrons. The number of benzene rings is 2. The number of nitrogens with one attached hydrogen (secondary N) is 1. The highest BCUT2D eigenvalue weighted by Crippen LogP contribution is 2.37. The first-order valence-corrected chi connectivity index (χ1v) is 10.7. The molecule has 3 aliphatic rings. The van der Waals surface area contributed by atoms with Crippen LogP contribution < -0.4 is 5.32 Å². The van der Waals surface area contributed by atoms with E-state index >= 15 is 0 Å². The van der Waals surface area contributed by atoms with Crippen LogP contribution in [-0.4, -0.2) is 48.8 Å². The van der Waals surface area contributed by atoms with Crippen molar-refractivity contribution in [2.24, 2.45) is 5.92 Å². The molecule has 3 heterocycles. The number of rotatable bonds is 2. The van der Waals surface area contributed by atoms with Crippen LogP contribution >= 0.6 is 0 Å². The standard InChI is InChI=1S/C24H26F2N2O2/c25-17-7-5-16(6-8-17)23-18-4-2-1-3-15(18)10-12-28(23)24(29)22-13-21-19(14-30-22)20(26)9-11-27-21/h1-8,19-23,27H,9-14H2/t19-,20+,21+,22-,23+/m1/s1. The molecule has 0 spiro atoms. The van der Waals surface area contributed by atoms with Crippen LogP contribution in [0.4, 0.5) is 8.78 Å². The van der Waals surface area contributed by atoms with Gasteiger partial charge in [0.25, 0.3) is 5.91 Å². The van der Waals surface area contributed by atoms with Crippen molar-refractivity contribution in [1.82, 2.24) is 10.2 Å². The third kappa shape index (κ3) is 3.52. The number of carbonyl (C=O) groups excluding carboxylic acids is 1. The van der Waals surface area contributed by atoms with Gasteiger partial charge in [0.15, 0.2) is 0 Å². The SMILES string of the molecule is O=C([C@H]1C[C@@H]2NCC[C@H](F)[C@H]2CO1)N1CCc2ccccc2[C@@H]1c1ccc(F)cc1. The van der Waals surface area contributed by atoms with E-state index < -0.39 is 12.3 Å². The summed E-state index contributed by atoms with van der Waals surface area (Å²) in [4.78, 5) is 15.4. The first-order valence-electron chi connectivity index (χ1n) is 10.7. The Kier molecular flexibility index (Phi) is 5.29. The van der Waals surface area contributed by atoms with Crippen molar-refractivity contribution in [3.8, 4) is 0 Å². The molecule has 1 amide bonds. The van der Waals surface area contributed by atoms with Gasteiger partial charge < -0.3 is 15.0 Å². The van der Waals surface area contributed by atoms with Gasteiger partial charge in [0.2, 0.25) is 0 Å². The largest absolute Gasteiger partial charge is 0.368 e. The van der Waals surface area contributed by atoms with Gasteiger partial charge in [-0.05, 0) is 54.6 Å². The number of fused-ring (bicyclic) bond motifs is 2. The number of carbonyl (C=O) groups is 1. The fourth-order valence-corrected chi connectivity index (χ4v) is 5.19. The minimum Gasteiger partial charge on any atom is -0.368 e. The lowest BCUT2D eigenvalue weighted by atomic mass is 9.83. The lowest BCUT2D eigenvalue weighted by molar-refractivity contribution is -0.155. The molecular weight excluding hydrogens is 386 g/mol. The van der Waals surface area contributed by atoms with E-state index in [1.807, 2.05) is 23.1 Å². The van der Waals surface area contributed by atoms with E-state index in [2.05, 4.69) is 11.4 Å². The molecular formula is C24H26F2N2O2. The summed E-state index contributed by atoms with van der Waals surface area (Å²) in [6.07, 6.45) is 0.290. The van der Waals surface area contributed by atoms with Crippen LogP contribution in [0.2, 0.25) is 0 Å². The highest BCUT2D eigenvalue weighted by Gasteiger charge is 2.43. The minimum absolute atomic E-state index is 0.0298. The number of alkyl halides is 1. The normalized spacial score (nSPS) is 31.0. The van der Waals surface area contributed by atoms with Crippen molar-refractivity contribution in [2.75, 3.05) is 19.7 Å². The zero-order valence-corrected chi connectivity index (χ0v) is 16.8. The molecule has 2 aromatic rings. The molecule has 0 saturated carbocycles. The second-order valence-corrected chi connectivity index (χ2v) is 8.52. The molecule has 0 aromatic heterocycles. The number of halogens is 2. The van der Waals surface area contributed by atoms with Gasteiger partial charge >= 0.3 is 0 Å². The summed E-state index contributed by atoms with van der Waals surface area (Å²) in [6, 6.07) is 14.2. The molecule has 2 aromatic carbocycles. The quantitative estimate of drug-likeness (QED) is 0.822. The van der Waals surface area contributed by atoms with Crippen molar-refractivity contribution in [1.29, 1.82) is 0 Å². The van der Waals surface area contributed by atoms with E-state index in [-0.39, 0.29) is 36.3 Å². The van der Waals surface area contributed by atoms with E-state index in [1.54, 1.807) is 12.1 Å². The summed E-state index contributed by atoms with van der Waals surface area (Å²) in [5.74, 6) is -0.552. The Balaban J connectivity index is 1.43. The Hall–Kier alpha value is -2.31. The van der Waals surface area contributed by atoms with Crippen molar-refractivity contribution in [3.63, 3.8) is 0 Å². The van der Waals surface area contributed by atoms with Gasteiger partial charge in [0.1, 0.15) is 18.1 Å². The Morgan fingerprint density at radius 1 is 1.13 bits per heavy atom. The Morgan fingerprint density at radius 2 is 1.93 bits per heavy atom. The summed E-state index contributed by atoms with van der Waals surface area (Å²) in [7, 11) is 0. The number of hydrogen-bond donors (Lipinski definition) is 1. The van der Waals surface area contributed by atoms with Crippen molar-refractivity contribution >= 4 is 5.91 Å². The number of ether oxygens (including phenoxy) is 1. The third-order valence-electron chi connectivity index (χ3n) is 6.79. The van der Waals surface area contributed by atoms with Crippen LogP contribution in [0.5, 0.6) is 0 Å². The molecule has 0 aliphatic carbocycles. The number of nitrogens with zero attached hydrogens (tertiary/aromatic N) is 1. The zero-order chi connectivity index (χ0) is 20.7. The smallest absolute Gasteiger partial charge is 0.252 e. The van der Waals surface area contributed by atoms with Crippen LogP contribution in [0, 0.1) is 11.7 Å². The predicted octanol–water partition coefficient (Wildman–Crippen LogP) is 3.40. The van der Waals surface area contributed by atoms with Crippen LogP contribution in [0.1, 0.15) is 35.6 Å². The fraction of sp³-hybridized carbons (Fsp3) is 0.458. The van der Waals surface area contributed by atoms with Gasteiger partial charge in [-0.2, -0.15) is 0 Å². The van der Waals surface area contributed by atoms with Gasteiger partial charge in [-0.15, -0.1) is 0 Å². The van der Waals surface area contributed by atoms with Gasteiger partial charge in [-0.3, -0.25) is 4.79 Å². The van der Waals surface area contributed by atoms with Gasteiger partial charge in [-0.1, -0.05) is 36.4 Å². The molecule has 0 bridgehead atoms. The van der Waals surface area contributed by atoms with Crippen LogP contribution in [0.15, 0.2) is 48.5 Å². The minimum atomic E-state index is -0.874. The maximum absolute atomic E-state index is 14.2. The summed E-state index contributed by atoms with van der Waals surface area (Å²) in [5, 5.41) is 3.37. The third-order valence-corrected chi connectivity index (χ3v) is 6.79. The first kappa shape index (κ1) is 19.6. The average Bonchev–Trinajstić information content (AvgIpc) is 2.78. The van der Waals surface area contributed by atoms with Crippen molar-refractivity contribution in [2.45, 2.75) is 43.6 Å². The number of piperidine rings is 1. The fourth-order valence-electron chi connectivity index (χ4n) is 5.19. The van der Waals surface area contributed by atoms with Crippen LogP contribution in [0.25, 0.3) is 0 Å². The highest BCUT2D eigenvalue weighted by atomic mass is 19.1. The summed E-state index contributed by atoms with van der Waals surface area (Å²) < 4.78 is 33.7. The molecule has 4 nitrogen and oxygen atoms in total. The number of amides is 1. The monoisotopic (exact) mass is 412 g/mol. The van der Waals surface area contributed by atoms with E-state index in [0.717, 1.165) is 17.5 Å². The van der Waals surface area contributed by atoms with Gasteiger partial charge in [0, 0.05) is 18.5 Å². The Bertz CT molecular complexity index is 920. The van der Waals surface area contributed by atoms with Crippen molar-refractivity contribution in [3.05, 3.63) is 71.0 Å². The molecule has 3 aliphatic heterocycles. The average molecular weight is 412 g/mol. The zero-order valence-electron chi connectivity index (χ0n) is 16.8. The van der Waals surface area contributed by atoms with Crippen LogP contribution in [-0.2, 0) is 16.0 Å². The predicted molar refractivity (Wildman–Crippen MR) is 109 cm³/mol. The number of hydrogen-bond acceptors (Lipinski definition) is 3. The molecule has 0 unspecified atom stereocenters. The molecule has 0 radical (unpaired) electrons. The molecule has 2 fully saturated rings. The van der Waals surface area contributed by atoms with Crippen LogP contribution in [0.3, 0.4) is 0 Å². The van der Waals surface area contributed by atoms with E-state index in [0.29, 0.717) is 25.9 Å². The summed E-state index contributed by atoms with van der Waals surface area (Å²) in [6.45, 7) is 1.48. The Labute approximate surface area is 175 Å². The molecule has 1 N–H and O–H groups in total. The van der Waals surface area contributed by atoms with E-state index in [1.165, 1.54) is 17.7 Å². The lowest BCUT2D eigenvalue weighted by Crippen LogP contribution is -2.57.